The van der Waals surface area contributed by atoms with Gasteiger partial charge in [0.1, 0.15) is 23.7 Å². The molecule has 1 N–H and O–H groups in total. The van der Waals surface area contributed by atoms with Crippen LogP contribution in [0.1, 0.15) is 32.6 Å². The van der Waals surface area contributed by atoms with E-state index in [9.17, 15) is 4.39 Å². The molecule has 1 aromatic carbocycles. The third-order valence-electron chi connectivity index (χ3n) is 5.40. The molecule has 172 valence electrons. The van der Waals surface area contributed by atoms with E-state index in [1.165, 1.54) is 50.8 Å². The average Bonchev–Trinajstić information content (AvgIpc) is 2.80. The van der Waals surface area contributed by atoms with Crippen molar-refractivity contribution in [3.63, 3.8) is 0 Å². The summed E-state index contributed by atoms with van der Waals surface area (Å²) in [6.07, 6.45) is 8.04. The van der Waals surface area contributed by atoms with E-state index in [1.807, 2.05) is 13.0 Å². The standard InChI is InChI=1S/C24H30ClFN4O2/c1-17-20(24(28-16-27-17)29-19-8-9-22(26)21(25)14-19)15-23(18(2)31-3)32-13-7-12-30-10-5-4-6-11-30/h8-9,14-16H,1,4-7,10-13H2,2-3H3,(H,27,28,29)/b20-15+,23-18-. The minimum absolute atomic E-state index is 0.0253. The summed E-state index contributed by atoms with van der Waals surface area (Å²) in [5, 5.41) is 4.35. The Labute approximate surface area is 193 Å². The number of rotatable bonds is 9. The van der Waals surface area contributed by atoms with Crippen LogP contribution in [-0.4, -0.2) is 48.2 Å². The van der Waals surface area contributed by atoms with Gasteiger partial charge in [0.05, 0.1) is 24.1 Å². The molecular weight excluding hydrogens is 431 g/mol. The lowest BCUT2D eigenvalue weighted by Gasteiger charge is -2.26. The van der Waals surface area contributed by atoms with Gasteiger partial charge in [0.2, 0.25) is 0 Å². The number of benzene rings is 1. The molecule has 0 saturated carbocycles. The monoisotopic (exact) mass is 460 g/mol. The van der Waals surface area contributed by atoms with Gasteiger partial charge in [-0.3, -0.25) is 0 Å². The van der Waals surface area contributed by atoms with Crippen LogP contribution in [0.4, 0.5) is 15.9 Å². The quantitative estimate of drug-likeness (QED) is 0.451. The van der Waals surface area contributed by atoms with Crippen LogP contribution in [0.3, 0.4) is 0 Å². The molecule has 0 unspecified atom stereocenters. The van der Waals surface area contributed by atoms with E-state index in [-0.39, 0.29) is 5.02 Å². The zero-order valence-corrected chi connectivity index (χ0v) is 19.4. The maximum atomic E-state index is 13.5. The van der Waals surface area contributed by atoms with Gasteiger partial charge in [-0.05, 0) is 63.6 Å². The van der Waals surface area contributed by atoms with Gasteiger partial charge in [-0.15, -0.1) is 0 Å². The number of methoxy groups -OCH3 is 1. The van der Waals surface area contributed by atoms with Crippen molar-refractivity contribution in [1.29, 1.82) is 0 Å². The van der Waals surface area contributed by atoms with Crippen LogP contribution in [0.25, 0.3) is 12.7 Å². The van der Waals surface area contributed by atoms with Crippen LogP contribution in [0.5, 0.6) is 0 Å². The molecule has 8 heteroatoms. The summed E-state index contributed by atoms with van der Waals surface area (Å²) in [4.78, 5) is 11.0. The van der Waals surface area contributed by atoms with E-state index < -0.39 is 5.82 Å². The Morgan fingerprint density at radius 2 is 2.06 bits per heavy atom. The number of piperidine rings is 1. The third-order valence-corrected chi connectivity index (χ3v) is 5.69. The van der Waals surface area contributed by atoms with E-state index in [0.717, 1.165) is 13.0 Å². The van der Waals surface area contributed by atoms with Crippen LogP contribution < -0.4 is 15.9 Å². The minimum Gasteiger partial charge on any atom is -0.498 e. The molecule has 0 radical (unpaired) electrons. The maximum absolute atomic E-state index is 13.5. The van der Waals surface area contributed by atoms with Crippen molar-refractivity contribution in [2.45, 2.75) is 32.6 Å². The van der Waals surface area contributed by atoms with E-state index >= 15 is 0 Å². The number of hydrogen-bond acceptors (Lipinski definition) is 6. The van der Waals surface area contributed by atoms with E-state index in [2.05, 4.69) is 26.8 Å². The van der Waals surface area contributed by atoms with E-state index in [4.69, 9.17) is 21.1 Å². The Kier molecular flexibility index (Phi) is 8.88. The zero-order valence-electron chi connectivity index (χ0n) is 18.7. The fraction of sp³-hybridized carbons (Fsp3) is 0.417. The highest BCUT2D eigenvalue weighted by Crippen LogP contribution is 2.21. The first kappa shape index (κ1) is 24.0. The second-order valence-electron chi connectivity index (χ2n) is 7.71. The van der Waals surface area contributed by atoms with Crippen LogP contribution in [-0.2, 0) is 9.47 Å². The predicted octanol–water partition coefficient (Wildman–Crippen LogP) is 3.97. The van der Waals surface area contributed by atoms with Crippen molar-refractivity contribution >= 4 is 35.8 Å². The molecule has 32 heavy (non-hydrogen) atoms. The molecule has 2 heterocycles. The molecular formula is C24H30ClFN4O2. The smallest absolute Gasteiger partial charge is 0.157 e. The predicted molar refractivity (Wildman–Crippen MR) is 127 cm³/mol. The fourth-order valence-corrected chi connectivity index (χ4v) is 3.70. The average molecular weight is 461 g/mol. The van der Waals surface area contributed by atoms with Gasteiger partial charge < -0.3 is 19.7 Å². The summed E-state index contributed by atoms with van der Waals surface area (Å²) in [6, 6.07) is 4.39. The first-order valence-electron chi connectivity index (χ1n) is 10.8. The molecule has 1 aliphatic rings. The number of nitrogens with one attached hydrogen (secondary N) is 1. The molecule has 0 aliphatic carbocycles. The molecule has 0 bridgehead atoms. The molecule has 0 amide bonds. The minimum atomic E-state index is -0.483. The summed E-state index contributed by atoms with van der Waals surface area (Å²) >= 11 is 5.91. The van der Waals surface area contributed by atoms with Gasteiger partial charge in [0, 0.05) is 17.5 Å². The van der Waals surface area contributed by atoms with Gasteiger partial charge in [-0.25, -0.2) is 14.4 Å². The Morgan fingerprint density at radius 3 is 2.78 bits per heavy atom. The van der Waals surface area contributed by atoms with E-state index in [1.54, 1.807) is 13.2 Å². The first-order chi connectivity index (χ1) is 15.5. The molecule has 1 aromatic heterocycles. The lowest BCUT2D eigenvalue weighted by Crippen LogP contribution is -2.31. The lowest BCUT2D eigenvalue weighted by molar-refractivity contribution is 0.164. The molecule has 0 atom stereocenters. The molecule has 0 spiro atoms. The summed E-state index contributed by atoms with van der Waals surface area (Å²) in [5.74, 6) is 1.25. The molecule has 1 aliphatic heterocycles. The van der Waals surface area contributed by atoms with Gasteiger partial charge in [0.25, 0.3) is 0 Å². The highest BCUT2D eigenvalue weighted by molar-refractivity contribution is 6.31. The van der Waals surface area contributed by atoms with Crippen molar-refractivity contribution in [2.24, 2.45) is 0 Å². The summed E-state index contributed by atoms with van der Waals surface area (Å²) < 4.78 is 25.0. The number of allylic oxidation sites excluding steroid dienone is 2. The number of likely N-dealkylation sites (tertiary alicyclic amines) is 1. The fourth-order valence-electron chi connectivity index (χ4n) is 3.52. The van der Waals surface area contributed by atoms with Crippen LogP contribution >= 0.6 is 11.6 Å². The van der Waals surface area contributed by atoms with Gasteiger partial charge >= 0.3 is 0 Å². The van der Waals surface area contributed by atoms with Crippen molar-refractivity contribution in [3.05, 3.63) is 57.5 Å². The number of hydrogen-bond donors (Lipinski definition) is 1. The van der Waals surface area contributed by atoms with E-state index in [0.29, 0.717) is 40.2 Å². The topological polar surface area (TPSA) is 59.5 Å². The SMILES string of the molecule is C=c1ncnc(Nc2ccc(F)c(Cl)c2)/c1=C/C(OCCCN1CCCCC1)=C(\C)OC. The number of ether oxygens (including phenoxy) is 2. The maximum Gasteiger partial charge on any atom is 0.157 e. The second-order valence-corrected chi connectivity index (χ2v) is 8.12. The highest BCUT2D eigenvalue weighted by atomic mass is 35.5. The van der Waals surface area contributed by atoms with Crippen LogP contribution in [0, 0.1) is 5.82 Å². The van der Waals surface area contributed by atoms with Crippen LogP contribution in [0.15, 0.2) is 36.0 Å². The number of aromatic nitrogens is 2. The Bertz CT molecular complexity index is 1050. The second kappa shape index (κ2) is 11.8. The van der Waals surface area contributed by atoms with Crippen molar-refractivity contribution in [3.8, 4) is 0 Å². The number of anilines is 2. The summed E-state index contributed by atoms with van der Waals surface area (Å²) in [6.45, 7) is 9.78. The Balaban J connectivity index is 1.79. The molecule has 1 saturated heterocycles. The third kappa shape index (κ3) is 6.68. The lowest BCUT2D eigenvalue weighted by atomic mass is 10.1. The molecule has 3 rings (SSSR count). The Hall–Kier alpha value is -2.64. The van der Waals surface area contributed by atoms with Gasteiger partial charge in [-0.2, -0.15) is 0 Å². The first-order valence-corrected chi connectivity index (χ1v) is 11.2. The molecule has 6 nitrogen and oxygen atoms in total. The van der Waals surface area contributed by atoms with Crippen LogP contribution in [0.2, 0.25) is 5.02 Å². The Morgan fingerprint density at radius 1 is 1.28 bits per heavy atom. The van der Waals surface area contributed by atoms with Gasteiger partial charge in [-0.1, -0.05) is 24.6 Å². The largest absolute Gasteiger partial charge is 0.498 e. The number of halogens is 2. The molecule has 1 fully saturated rings. The zero-order chi connectivity index (χ0) is 22.9. The number of nitrogens with zero attached hydrogens (tertiary/aromatic N) is 3. The van der Waals surface area contributed by atoms with Gasteiger partial charge in [0.15, 0.2) is 5.76 Å². The highest BCUT2D eigenvalue weighted by Gasteiger charge is 2.11. The normalized spacial score (nSPS) is 15.9. The summed E-state index contributed by atoms with van der Waals surface area (Å²) in [7, 11) is 1.60. The van der Waals surface area contributed by atoms with Crippen molar-refractivity contribution < 1.29 is 13.9 Å². The summed E-state index contributed by atoms with van der Waals surface area (Å²) in [5.41, 5.74) is 0.598. The molecule has 2 aromatic rings. The van der Waals surface area contributed by atoms with Crippen molar-refractivity contribution in [2.75, 3.05) is 38.7 Å². The van der Waals surface area contributed by atoms with Crippen molar-refractivity contribution in [1.82, 2.24) is 14.9 Å².